The van der Waals surface area contributed by atoms with Crippen LogP contribution >= 0.6 is 0 Å². The van der Waals surface area contributed by atoms with Gasteiger partial charge in [-0.3, -0.25) is 9.59 Å². The molecule has 232 valence electrons. The molecule has 2 heterocycles. The summed E-state index contributed by atoms with van der Waals surface area (Å²) in [6, 6.07) is 14.9. The highest BCUT2D eigenvalue weighted by Gasteiger charge is 2.50. The van der Waals surface area contributed by atoms with Gasteiger partial charge in [-0.05, 0) is 96.5 Å². The third kappa shape index (κ3) is 6.14. The van der Waals surface area contributed by atoms with Crippen molar-refractivity contribution in [2.75, 3.05) is 30.4 Å². The maximum Gasteiger partial charge on any atom is 0.235 e. The van der Waals surface area contributed by atoms with Crippen LogP contribution in [0.15, 0.2) is 54.6 Å². The second kappa shape index (κ2) is 12.8. The summed E-state index contributed by atoms with van der Waals surface area (Å²) in [4.78, 5) is 26.4. The highest BCUT2D eigenvalue weighted by molar-refractivity contribution is 6.08. The molecule has 3 aromatic rings. The molecular weight excluding hydrogens is 562 g/mol. The lowest BCUT2D eigenvalue weighted by Gasteiger charge is -2.32. The van der Waals surface area contributed by atoms with E-state index in [2.05, 4.69) is 35.0 Å². The number of fused-ring (bicyclic) bond motifs is 3. The van der Waals surface area contributed by atoms with Gasteiger partial charge in [0.25, 0.3) is 0 Å². The Balaban J connectivity index is 1.09. The summed E-state index contributed by atoms with van der Waals surface area (Å²) < 4.78 is 33.0. The number of nitrogens with two attached hydrogens (primary N) is 1. The van der Waals surface area contributed by atoms with E-state index in [1.807, 2.05) is 24.3 Å². The maximum atomic E-state index is 13.7. The standard InChI is InChI=1S/C35H40F2N4O3/c1-2-21-4-3-5-29-33(21)41-34(43)35(29)18-23-6-7-28(16-25(23)19-35)40-32(42)9-8-31(22-10-12-44-13-11-22)39-20-30(38)24-14-26(36)17-27(37)15-24/h3-7,14-17,22,30-31,39H,2,8-13,18-20,38H2,1H3,(H,40,42)(H,41,43). The number of hydrogen-bond donors (Lipinski definition) is 4. The smallest absolute Gasteiger partial charge is 0.235 e. The van der Waals surface area contributed by atoms with Crippen LogP contribution in [0.5, 0.6) is 0 Å². The SMILES string of the molecule is CCc1cccc2c1NC(=O)C21Cc2ccc(NC(=O)CCC(NCC(N)c3cc(F)cc(F)c3)C3CCOCC3)cc2C1. The van der Waals surface area contributed by atoms with Crippen molar-refractivity contribution in [3.8, 4) is 0 Å². The molecule has 2 amide bonds. The first-order chi connectivity index (χ1) is 21.3. The molecule has 1 saturated heterocycles. The molecule has 0 saturated carbocycles. The number of aryl methyl sites for hydroxylation is 1. The number of nitrogens with one attached hydrogen (secondary N) is 3. The Kier molecular flexibility index (Phi) is 8.80. The Morgan fingerprint density at radius 2 is 1.82 bits per heavy atom. The molecule has 0 aromatic heterocycles. The van der Waals surface area contributed by atoms with E-state index in [0.717, 1.165) is 59.0 Å². The molecular formula is C35H40F2N4O3. The number of carbonyl (C=O) groups excluding carboxylic acids is 2. The zero-order valence-corrected chi connectivity index (χ0v) is 25.1. The van der Waals surface area contributed by atoms with Crippen LogP contribution in [0.4, 0.5) is 20.2 Å². The van der Waals surface area contributed by atoms with Crippen molar-refractivity contribution in [1.82, 2.24) is 5.32 Å². The van der Waals surface area contributed by atoms with Gasteiger partial charge in [-0.1, -0.05) is 31.2 Å². The van der Waals surface area contributed by atoms with Crippen LogP contribution in [0.2, 0.25) is 0 Å². The first-order valence-corrected chi connectivity index (χ1v) is 15.6. The van der Waals surface area contributed by atoms with Crippen molar-refractivity contribution in [3.63, 3.8) is 0 Å². The number of ether oxygens (including phenoxy) is 1. The monoisotopic (exact) mass is 602 g/mol. The highest BCUT2D eigenvalue weighted by Crippen LogP contribution is 2.48. The number of para-hydroxylation sites is 1. The number of anilines is 2. The predicted octanol–water partition coefficient (Wildman–Crippen LogP) is 5.32. The average molecular weight is 603 g/mol. The topological polar surface area (TPSA) is 105 Å². The van der Waals surface area contributed by atoms with Crippen LogP contribution in [-0.2, 0) is 39.0 Å². The number of benzene rings is 3. The van der Waals surface area contributed by atoms with Crippen molar-refractivity contribution >= 4 is 23.2 Å². The van der Waals surface area contributed by atoms with Gasteiger partial charge in [0.1, 0.15) is 11.6 Å². The lowest BCUT2D eigenvalue weighted by Crippen LogP contribution is -2.42. The summed E-state index contributed by atoms with van der Waals surface area (Å²) in [5.74, 6) is -1.06. The summed E-state index contributed by atoms with van der Waals surface area (Å²) in [6.07, 6.45) is 4.72. The van der Waals surface area contributed by atoms with Gasteiger partial charge in [0.05, 0.1) is 5.41 Å². The number of amides is 2. The third-order valence-corrected chi connectivity index (χ3v) is 9.63. The van der Waals surface area contributed by atoms with E-state index in [4.69, 9.17) is 10.5 Å². The lowest BCUT2D eigenvalue weighted by molar-refractivity contribution is -0.120. The molecule has 0 bridgehead atoms. The first-order valence-electron chi connectivity index (χ1n) is 15.6. The number of hydrogen-bond acceptors (Lipinski definition) is 5. The first kappa shape index (κ1) is 30.4. The van der Waals surface area contributed by atoms with Gasteiger partial charge in [-0.15, -0.1) is 0 Å². The molecule has 3 atom stereocenters. The average Bonchev–Trinajstić information content (AvgIpc) is 3.53. The van der Waals surface area contributed by atoms with Crippen LogP contribution in [0.25, 0.3) is 0 Å². The molecule has 1 spiro atoms. The van der Waals surface area contributed by atoms with Gasteiger partial charge in [0.2, 0.25) is 11.8 Å². The minimum absolute atomic E-state index is 0.00273. The normalized spacial score (nSPS) is 20.7. The van der Waals surface area contributed by atoms with Gasteiger partial charge in [-0.25, -0.2) is 8.78 Å². The fourth-order valence-corrected chi connectivity index (χ4v) is 7.22. The second-order valence-electron chi connectivity index (χ2n) is 12.4. The van der Waals surface area contributed by atoms with E-state index < -0.39 is 23.1 Å². The second-order valence-corrected chi connectivity index (χ2v) is 12.4. The number of rotatable bonds is 10. The Labute approximate surface area is 256 Å². The molecule has 3 aromatic carbocycles. The Morgan fingerprint density at radius 1 is 1.07 bits per heavy atom. The van der Waals surface area contributed by atoms with E-state index >= 15 is 0 Å². The van der Waals surface area contributed by atoms with Gasteiger partial charge in [0.15, 0.2) is 0 Å². The van der Waals surface area contributed by atoms with Crippen molar-refractivity contribution in [2.24, 2.45) is 11.7 Å². The number of carbonyl (C=O) groups is 2. The summed E-state index contributed by atoms with van der Waals surface area (Å²) in [5.41, 5.74) is 12.2. The van der Waals surface area contributed by atoms with Crippen LogP contribution in [-0.4, -0.2) is 37.6 Å². The molecule has 44 heavy (non-hydrogen) atoms. The van der Waals surface area contributed by atoms with Crippen molar-refractivity contribution < 1.29 is 23.1 Å². The zero-order chi connectivity index (χ0) is 30.8. The summed E-state index contributed by atoms with van der Waals surface area (Å²) >= 11 is 0. The van der Waals surface area contributed by atoms with Gasteiger partial charge in [-0.2, -0.15) is 0 Å². The molecule has 5 N–H and O–H groups in total. The Morgan fingerprint density at radius 3 is 2.57 bits per heavy atom. The Hall–Kier alpha value is -3.66. The summed E-state index contributed by atoms with van der Waals surface area (Å²) in [5, 5.41) is 9.70. The van der Waals surface area contributed by atoms with E-state index in [-0.39, 0.29) is 17.9 Å². The Bertz CT molecular complexity index is 1540. The summed E-state index contributed by atoms with van der Waals surface area (Å²) in [6.45, 7) is 3.75. The van der Waals surface area contributed by atoms with Crippen LogP contribution in [0, 0.1) is 17.6 Å². The predicted molar refractivity (Wildman–Crippen MR) is 166 cm³/mol. The third-order valence-electron chi connectivity index (χ3n) is 9.63. The van der Waals surface area contributed by atoms with Gasteiger partial charge < -0.3 is 26.4 Å². The van der Waals surface area contributed by atoms with Gasteiger partial charge >= 0.3 is 0 Å². The minimum Gasteiger partial charge on any atom is -0.381 e. The molecule has 1 aliphatic carbocycles. The van der Waals surface area contributed by atoms with E-state index in [1.54, 1.807) is 0 Å². The van der Waals surface area contributed by atoms with Gasteiger partial charge in [0, 0.05) is 55.7 Å². The molecule has 6 rings (SSSR count). The van der Waals surface area contributed by atoms with Crippen LogP contribution in [0.3, 0.4) is 0 Å². The van der Waals surface area contributed by atoms with E-state index in [1.165, 1.54) is 12.1 Å². The zero-order valence-electron chi connectivity index (χ0n) is 25.1. The van der Waals surface area contributed by atoms with E-state index in [9.17, 15) is 18.4 Å². The molecule has 3 unspecified atom stereocenters. The van der Waals surface area contributed by atoms with E-state index in [0.29, 0.717) is 56.9 Å². The van der Waals surface area contributed by atoms with Crippen LogP contribution in [0.1, 0.15) is 66.5 Å². The molecule has 2 aliphatic heterocycles. The molecule has 7 nitrogen and oxygen atoms in total. The molecule has 9 heteroatoms. The number of halogens is 2. The molecule has 1 fully saturated rings. The minimum atomic E-state index is -0.656. The molecule has 3 aliphatic rings. The summed E-state index contributed by atoms with van der Waals surface area (Å²) in [7, 11) is 0. The fourth-order valence-electron chi connectivity index (χ4n) is 7.22. The van der Waals surface area contributed by atoms with Crippen molar-refractivity contribution in [3.05, 3.63) is 94.0 Å². The quantitative estimate of drug-likeness (QED) is 0.252. The van der Waals surface area contributed by atoms with Crippen LogP contribution < -0.4 is 21.7 Å². The highest BCUT2D eigenvalue weighted by atomic mass is 19.1. The maximum absolute atomic E-state index is 13.7. The lowest BCUT2D eigenvalue weighted by atomic mass is 9.78. The largest absolute Gasteiger partial charge is 0.381 e. The van der Waals surface area contributed by atoms with Crippen molar-refractivity contribution in [1.29, 1.82) is 0 Å². The van der Waals surface area contributed by atoms with Crippen molar-refractivity contribution in [2.45, 2.75) is 69.4 Å². The fraction of sp³-hybridized carbons (Fsp3) is 0.429. The molecule has 0 radical (unpaired) electrons.